The molecule has 0 aliphatic heterocycles. The Bertz CT molecular complexity index is 79.3. The average Bonchev–Trinajstić information content (AvgIpc) is 1.97. The molecular formula is C8H16O2. The smallest absolute Gasteiger partial charge is 0.0612 e. The van der Waals surface area contributed by atoms with Crippen LogP contribution in [0.3, 0.4) is 0 Å². The SMILES string of the molecule is OC/C=C\CCCCCO. The van der Waals surface area contributed by atoms with Gasteiger partial charge in [0.15, 0.2) is 0 Å². The second-order valence-corrected chi connectivity index (χ2v) is 2.23. The molecule has 0 aromatic rings. The minimum atomic E-state index is 0.139. The van der Waals surface area contributed by atoms with Gasteiger partial charge in [0.2, 0.25) is 0 Å². The highest BCUT2D eigenvalue weighted by Gasteiger charge is 1.83. The van der Waals surface area contributed by atoms with Gasteiger partial charge in [-0.1, -0.05) is 18.6 Å². The van der Waals surface area contributed by atoms with E-state index in [4.69, 9.17) is 10.2 Å². The van der Waals surface area contributed by atoms with Gasteiger partial charge in [-0.2, -0.15) is 0 Å². The van der Waals surface area contributed by atoms with E-state index in [1.165, 1.54) is 0 Å². The maximum atomic E-state index is 8.41. The summed E-state index contributed by atoms with van der Waals surface area (Å²) in [5.41, 5.74) is 0. The fraction of sp³-hybridized carbons (Fsp3) is 0.750. The van der Waals surface area contributed by atoms with Crippen LogP contribution in [0.4, 0.5) is 0 Å². The number of aliphatic hydroxyl groups excluding tert-OH is 2. The Hall–Kier alpha value is -0.340. The summed E-state index contributed by atoms with van der Waals surface area (Å²) < 4.78 is 0. The Labute approximate surface area is 62.2 Å². The molecule has 0 radical (unpaired) electrons. The molecule has 0 aromatic heterocycles. The van der Waals surface area contributed by atoms with E-state index < -0.39 is 0 Å². The van der Waals surface area contributed by atoms with Crippen LogP contribution < -0.4 is 0 Å². The molecule has 0 amide bonds. The van der Waals surface area contributed by atoms with E-state index in [0.29, 0.717) is 6.61 Å². The molecule has 0 bridgehead atoms. The minimum Gasteiger partial charge on any atom is -0.396 e. The van der Waals surface area contributed by atoms with Gasteiger partial charge in [0, 0.05) is 6.61 Å². The molecule has 0 rings (SSSR count). The summed E-state index contributed by atoms with van der Waals surface area (Å²) in [7, 11) is 0. The van der Waals surface area contributed by atoms with Gasteiger partial charge in [0.05, 0.1) is 6.61 Å². The van der Waals surface area contributed by atoms with Crippen molar-refractivity contribution >= 4 is 0 Å². The Kier molecular flexibility index (Phi) is 8.37. The van der Waals surface area contributed by atoms with E-state index in [-0.39, 0.29) is 6.61 Å². The summed E-state index contributed by atoms with van der Waals surface area (Å²) in [4.78, 5) is 0. The molecule has 0 aromatic carbocycles. The molecule has 0 atom stereocenters. The van der Waals surface area contributed by atoms with Crippen molar-refractivity contribution in [3.05, 3.63) is 12.2 Å². The van der Waals surface area contributed by atoms with Gasteiger partial charge >= 0.3 is 0 Å². The van der Waals surface area contributed by atoms with E-state index in [1.54, 1.807) is 6.08 Å². The van der Waals surface area contributed by atoms with Crippen LogP contribution in [0, 0.1) is 0 Å². The maximum Gasteiger partial charge on any atom is 0.0612 e. The molecule has 60 valence electrons. The lowest BCUT2D eigenvalue weighted by atomic mass is 10.2. The third kappa shape index (κ3) is 7.66. The Balaban J connectivity index is 2.83. The Morgan fingerprint density at radius 1 is 0.900 bits per heavy atom. The van der Waals surface area contributed by atoms with Crippen molar-refractivity contribution in [3.8, 4) is 0 Å². The maximum absolute atomic E-state index is 8.41. The summed E-state index contributed by atoms with van der Waals surface area (Å²) in [5.74, 6) is 0. The first-order valence-corrected chi connectivity index (χ1v) is 3.78. The number of hydrogen-bond acceptors (Lipinski definition) is 2. The topological polar surface area (TPSA) is 40.5 Å². The van der Waals surface area contributed by atoms with Crippen LogP contribution in [0.25, 0.3) is 0 Å². The van der Waals surface area contributed by atoms with Gasteiger partial charge in [-0.05, 0) is 19.3 Å². The van der Waals surface area contributed by atoms with Gasteiger partial charge in [0.1, 0.15) is 0 Å². The fourth-order valence-corrected chi connectivity index (χ4v) is 0.743. The number of allylic oxidation sites excluding steroid dienone is 1. The molecular weight excluding hydrogens is 128 g/mol. The van der Waals surface area contributed by atoms with Crippen molar-refractivity contribution in [2.75, 3.05) is 13.2 Å². The summed E-state index contributed by atoms with van der Waals surface area (Å²) >= 11 is 0. The largest absolute Gasteiger partial charge is 0.396 e. The first kappa shape index (κ1) is 9.66. The predicted octanol–water partition coefficient (Wildman–Crippen LogP) is 1.09. The first-order valence-electron chi connectivity index (χ1n) is 3.78. The quantitative estimate of drug-likeness (QED) is 0.432. The molecule has 10 heavy (non-hydrogen) atoms. The van der Waals surface area contributed by atoms with Crippen molar-refractivity contribution in [1.82, 2.24) is 0 Å². The highest BCUT2D eigenvalue weighted by atomic mass is 16.3. The Morgan fingerprint density at radius 3 is 2.30 bits per heavy atom. The van der Waals surface area contributed by atoms with E-state index in [1.807, 2.05) is 6.08 Å². The summed E-state index contributed by atoms with van der Waals surface area (Å²) in [5, 5.41) is 16.8. The van der Waals surface area contributed by atoms with Gasteiger partial charge in [-0.25, -0.2) is 0 Å². The van der Waals surface area contributed by atoms with E-state index in [0.717, 1.165) is 25.7 Å². The average molecular weight is 144 g/mol. The minimum absolute atomic E-state index is 0.139. The number of rotatable bonds is 6. The first-order chi connectivity index (χ1) is 4.91. The summed E-state index contributed by atoms with van der Waals surface area (Å²) in [6, 6.07) is 0. The van der Waals surface area contributed by atoms with Gasteiger partial charge in [-0.3, -0.25) is 0 Å². The zero-order chi connectivity index (χ0) is 7.66. The third-order valence-corrected chi connectivity index (χ3v) is 1.30. The second kappa shape index (κ2) is 8.66. The molecule has 0 aliphatic carbocycles. The molecule has 0 saturated heterocycles. The molecule has 2 nitrogen and oxygen atoms in total. The van der Waals surface area contributed by atoms with E-state index >= 15 is 0 Å². The molecule has 2 N–H and O–H groups in total. The molecule has 0 unspecified atom stereocenters. The van der Waals surface area contributed by atoms with Crippen molar-refractivity contribution in [2.24, 2.45) is 0 Å². The van der Waals surface area contributed by atoms with Crippen LogP contribution >= 0.6 is 0 Å². The highest BCUT2D eigenvalue weighted by molar-refractivity contribution is 4.80. The molecule has 0 saturated carbocycles. The van der Waals surface area contributed by atoms with Crippen LogP contribution in [0.1, 0.15) is 25.7 Å². The van der Waals surface area contributed by atoms with Crippen LogP contribution in [0.15, 0.2) is 12.2 Å². The van der Waals surface area contributed by atoms with Gasteiger partial charge in [0.25, 0.3) is 0 Å². The van der Waals surface area contributed by atoms with Crippen LogP contribution in [0.2, 0.25) is 0 Å². The zero-order valence-electron chi connectivity index (χ0n) is 6.29. The highest BCUT2D eigenvalue weighted by Crippen LogP contribution is 1.99. The summed E-state index contributed by atoms with van der Waals surface area (Å²) in [6.07, 6.45) is 7.81. The van der Waals surface area contributed by atoms with Crippen LogP contribution in [-0.4, -0.2) is 23.4 Å². The number of unbranched alkanes of at least 4 members (excludes halogenated alkanes) is 3. The predicted molar refractivity (Wildman–Crippen MR) is 41.8 cm³/mol. The third-order valence-electron chi connectivity index (χ3n) is 1.30. The number of aliphatic hydroxyl groups is 2. The fourth-order valence-electron chi connectivity index (χ4n) is 0.743. The van der Waals surface area contributed by atoms with Crippen LogP contribution in [-0.2, 0) is 0 Å². The standard InChI is InChI=1S/C8H16O2/c9-7-5-3-1-2-4-6-8-10/h3,5,9-10H,1-2,4,6-8H2/b5-3-. The number of hydrogen-bond donors (Lipinski definition) is 2. The Morgan fingerprint density at radius 2 is 1.70 bits per heavy atom. The molecule has 2 heteroatoms. The van der Waals surface area contributed by atoms with E-state index in [9.17, 15) is 0 Å². The van der Waals surface area contributed by atoms with Crippen LogP contribution in [0.5, 0.6) is 0 Å². The van der Waals surface area contributed by atoms with Crippen molar-refractivity contribution < 1.29 is 10.2 Å². The molecule has 0 heterocycles. The molecule has 0 spiro atoms. The lowest BCUT2D eigenvalue weighted by molar-refractivity contribution is 0.283. The van der Waals surface area contributed by atoms with Crippen molar-refractivity contribution in [3.63, 3.8) is 0 Å². The summed E-state index contributed by atoms with van der Waals surface area (Å²) in [6.45, 7) is 0.434. The second-order valence-electron chi connectivity index (χ2n) is 2.23. The lowest BCUT2D eigenvalue weighted by Crippen LogP contribution is -1.81. The zero-order valence-corrected chi connectivity index (χ0v) is 6.29. The molecule has 0 aliphatic rings. The van der Waals surface area contributed by atoms with E-state index in [2.05, 4.69) is 0 Å². The molecule has 0 fully saturated rings. The van der Waals surface area contributed by atoms with Gasteiger partial charge in [-0.15, -0.1) is 0 Å². The lowest BCUT2D eigenvalue weighted by Gasteiger charge is -1.92. The van der Waals surface area contributed by atoms with Gasteiger partial charge < -0.3 is 10.2 Å². The monoisotopic (exact) mass is 144 g/mol. The van der Waals surface area contributed by atoms with Crippen molar-refractivity contribution in [1.29, 1.82) is 0 Å². The van der Waals surface area contributed by atoms with Crippen molar-refractivity contribution in [2.45, 2.75) is 25.7 Å². The normalized spacial score (nSPS) is 11.0.